The number of hydrogen-bond acceptors (Lipinski definition) is 2. The number of allylic oxidation sites excluding steroid dienone is 2. The van der Waals surface area contributed by atoms with E-state index in [0.717, 1.165) is 25.7 Å². The number of carbonyl (C=O) groups is 2. The van der Waals surface area contributed by atoms with Crippen LogP contribution in [0.2, 0.25) is 0 Å². The summed E-state index contributed by atoms with van der Waals surface area (Å²) in [5.74, 6) is 0.414. The first-order valence-electron chi connectivity index (χ1n) is 9.03. The first-order chi connectivity index (χ1) is 10.6. The largest absolute Gasteiger partial charge is 0.481 e. The van der Waals surface area contributed by atoms with Crippen LogP contribution in [0.1, 0.15) is 73.1 Å². The number of carboxylic acids is 1. The lowest BCUT2D eigenvalue weighted by atomic mass is 9.46. The van der Waals surface area contributed by atoms with E-state index in [-0.39, 0.29) is 29.1 Å². The van der Waals surface area contributed by atoms with Gasteiger partial charge in [0.25, 0.3) is 0 Å². The van der Waals surface area contributed by atoms with E-state index < -0.39 is 5.97 Å². The molecule has 3 nitrogen and oxygen atoms in total. The first kappa shape index (κ1) is 18.2. The van der Waals surface area contributed by atoms with E-state index in [1.165, 1.54) is 5.57 Å². The molecule has 0 aromatic rings. The van der Waals surface area contributed by atoms with Gasteiger partial charge in [-0.1, -0.05) is 39.3 Å². The van der Waals surface area contributed by atoms with Crippen molar-refractivity contribution in [2.24, 2.45) is 28.6 Å². The standard InChI is InChI=1S/C20H32O3/c1-13(11-18(22)23)9-10-19(4)15(3)16(21)12-20(5)14(2)7-6-8-17(19)20/h7,13,15,17H,6,8-12H2,1-5H3,(H,22,23)/t13-,15+,17+,19-,20-/m0/s1. The van der Waals surface area contributed by atoms with Gasteiger partial charge < -0.3 is 5.11 Å². The van der Waals surface area contributed by atoms with E-state index in [4.69, 9.17) is 5.11 Å². The van der Waals surface area contributed by atoms with Gasteiger partial charge in [0.1, 0.15) is 5.78 Å². The zero-order chi connectivity index (χ0) is 17.4. The molecule has 3 heteroatoms. The Morgan fingerprint density at radius 3 is 2.70 bits per heavy atom. The molecule has 0 spiro atoms. The molecule has 0 aromatic carbocycles. The van der Waals surface area contributed by atoms with Crippen molar-refractivity contribution in [1.82, 2.24) is 0 Å². The summed E-state index contributed by atoms with van der Waals surface area (Å²) in [5.41, 5.74) is 1.35. The van der Waals surface area contributed by atoms with Gasteiger partial charge in [-0.25, -0.2) is 0 Å². The van der Waals surface area contributed by atoms with E-state index in [1.807, 2.05) is 6.92 Å². The van der Waals surface area contributed by atoms with E-state index in [0.29, 0.717) is 18.1 Å². The summed E-state index contributed by atoms with van der Waals surface area (Å²) >= 11 is 0. The van der Waals surface area contributed by atoms with Crippen molar-refractivity contribution in [2.45, 2.75) is 73.1 Å². The molecular formula is C20H32O3. The molecule has 1 N–H and O–H groups in total. The second kappa shape index (κ2) is 6.41. The van der Waals surface area contributed by atoms with Crippen LogP contribution in [0.15, 0.2) is 11.6 Å². The summed E-state index contributed by atoms with van der Waals surface area (Å²) in [6, 6.07) is 0. The Balaban J connectivity index is 2.24. The highest BCUT2D eigenvalue weighted by Crippen LogP contribution is 2.60. The molecule has 0 saturated heterocycles. The normalized spacial score (nSPS) is 38.7. The van der Waals surface area contributed by atoms with Crippen molar-refractivity contribution < 1.29 is 14.7 Å². The molecule has 2 aliphatic rings. The smallest absolute Gasteiger partial charge is 0.303 e. The van der Waals surface area contributed by atoms with Crippen LogP contribution in [-0.2, 0) is 9.59 Å². The minimum atomic E-state index is -0.725. The second-order valence-corrected chi connectivity index (χ2v) is 8.55. The highest BCUT2D eigenvalue weighted by Gasteiger charge is 2.56. The van der Waals surface area contributed by atoms with Gasteiger partial charge in [0, 0.05) is 18.8 Å². The molecule has 2 aliphatic carbocycles. The molecule has 0 aromatic heterocycles. The van der Waals surface area contributed by atoms with Crippen molar-refractivity contribution in [3.05, 3.63) is 11.6 Å². The lowest BCUT2D eigenvalue weighted by Crippen LogP contribution is -2.53. The number of Topliss-reactive ketones (excluding diaryl/α,β-unsaturated/α-hetero) is 1. The van der Waals surface area contributed by atoms with Gasteiger partial charge in [-0.2, -0.15) is 0 Å². The van der Waals surface area contributed by atoms with E-state index in [1.54, 1.807) is 0 Å². The third kappa shape index (κ3) is 3.25. The van der Waals surface area contributed by atoms with Crippen LogP contribution in [-0.4, -0.2) is 16.9 Å². The van der Waals surface area contributed by atoms with Crippen LogP contribution < -0.4 is 0 Å². The Hall–Kier alpha value is -1.12. The summed E-state index contributed by atoms with van der Waals surface area (Å²) < 4.78 is 0. The molecule has 0 amide bonds. The first-order valence-corrected chi connectivity index (χ1v) is 9.03. The lowest BCUT2D eigenvalue weighted by Gasteiger charge is -2.57. The maximum atomic E-state index is 12.7. The van der Waals surface area contributed by atoms with Crippen LogP contribution in [0.3, 0.4) is 0 Å². The highest BCUT2D eigenvalue weighted by molar-refractivity contribution is 5.84. The number of hydrogen-bond donors (Lipinski definition) is 1. The van der Waals surface area contributed by atoms with E-state index in [9.17, 15) is 9.59 Å². The summed E-state index contributed by atoms with van der Waals surface area (Å²) in [6.07, 6.45) is 7.29. The predicted molar refractivity (Wildman–Crippen MR) is 92.1 cm³/mol. The van der Waals surface area contributed by atoms with Crippen molar-refractivity contribution in [2.75, 3.05) is 0 Å². The van der Waals surface area contributed by atoms with Gasteiger partial charge >= 0.3 is 5.97 Å². The minimum absolute atomic E-state index is 0.00731. The molecule has 1 fully saturated rings. The maximum absolute atomic E-state index is 12.7. The average Bonchev–Trinajstić information content (AvgIpc) is 2.45. The molecule has 0 bridgehead atoms. The number of fused-ring (bicyclic) bond motifs is 1. The van der Waals surface area contributed by atoms with Crippen molar-refractivity contribution in [1.29, 1.82) is 0 Å². The molecule has 5 atom stereocenters. The van der Waals surface area contributed by atoms with Crippen LogP contribution in [0.25, 0.3) is 0 Å². The topological polar surface area (TPSA) is 54.4 Å². The third-order valence-corrected chi connectivity index (χ3v) is 7.08. The molecule has 23 heavy (non-hydrogen) atoms. The van der Waals surface area contributed by atoms with Crippen molar-refractivity contribution in [3.8, 4) is 0 Å². The van der Waals surface area contributed by atoms with Gasteiger partial charge in [-0.15, -0.1) is 0 Å². The van der Waals surface area contributed by atoms with Crippen LogP contribution in [0.4, 0.5) is 0 Å². The predicted octanol–water partition coefficient (Wildman–Crippen LogP) is 4.86. The Morgan fingerprint density at radius 1 is 1.43 bits per heavy atom. The fraction of sp³-hybridized carbons (Fsp3) is 0.800. The quantitative estimate of drug-likeness (QED) is 0.736. The molecule has 0 heterocycles. The van der Waals surface area contributed by atoms with Gasteiger partial charge in [0.15, 0.2) is 0 Å². The van der Waals surface area contributed by atoms with E-state index >= 15 is 0 Å². The lowest BCUT2D eigenvalue weighted by molar-refractivity contribution is -0.143. The molecular weight excluding hydrogens is 288 g/mol. The zero-order valence-electron chi connectivity index (χ0n) is 15.3. The monoisotopic (exact) mass is 320 g/mol. The molecule has 0 unspecified atom stereocenters. The summed E-state index contributed by atoms with van der Waals surface area (Å²) in [6.45, 7) is 10.8. The minimum Gasteiger partial charge on any atom is -0.481 e. The van der Waals surface area contributed by atoms with Crippen molar-refractivity contribution in [3.63, 3.8) is 0 Å². The average molecular weight is 320 g/mol. The molecule has 0 radical (unpaired) electrons. The zero-order valence-corrected chi connectivity index (χ0v) is 15.3. The van der Waals surface area contributed by atoms with E-state index in [2.05, 4.69) is 33.8 Å². The number of carbonyl (C=O) groups excluding carboxylic acids is 1. The van der Waals surface area contributed by atoms with Crippen LogP contribution >= 0.6 is 0 Å². The number of rotatable bonds is 5. The maximum Gasteiger partial charge on any atom is 0.303 e. The highest BCUT2D eigenvalue weighted by atomic mass is 16.4. The van der Waals surface area contributed by atoms with Gasteiger partial charge in [0.2, 0.25) is 0 Å². The Kier molecular flexibility index (Phi) is 5.08. The summed E-state index contributed by atoms with van der Waals surface area (Å²) in [7, 11) is 0. The van der Waals surface area contributed by atoms with Gasteiger partial charge in [0.05, 0.1) is 0 Å². The van der Waals surface area contributed by atoms with Crippen LogP contribution in [0.5, 0.6) is 0 Å². The SMILES string of the molecule is CC1=CCC[C@@H]2[C@@](C)(CC[C@H](C)CC(=O)O)[C@H](C)C(=O)C[C@@]12C. The molecule has 0 aliphatic heterocycles. The summed E-state index contributed by atoms with van der Waals surface area (Å²) in [4.78, 5) is 23.6. The Bertz CT molecular complexity index is 521. The Labute approximate surface area is 140 Å². The Morgan fingerprint density at radius 2 is 2.09 bits per heavy atom. The van der Waals surface area contributed by atoms with Crippen LogP contribution in [0, 0.1) is 28.6 Å². The molecule has 2 rings (SSSR count). The van der Waals surface area contributed by atoms with Gasteiger partial charge in [-0.3, -0.25) is 9.59 Å². The fourth-order valence-corrected chi connectivity index (χ4v) is 5.15. The second-order valence-electron chi connectivity index (χ2n) is 8.55. The molecule has 1 saturated carbocycles. The number of ketones is 1. The van der Waals surface area contributed by atoms with Gasteiger partial charge in [-0.05, 0) is 55.3 Å². The van der Waals surface area contributed by atoms with Crippen molar-refractivity contribution >= 4 is 11.8 Å². The number of aliphatic carboxylic acids is 1. The third-order valence-electron chi connectivity index (χ3n) is 7.08. The number of carboxylic acid groups (broad SMARTS) is 1. The molecule has 130 valence electrons. The fourth-order valence-electron chi connectivity index (χ4n) is 5.15. The summed E-state index contributed by atoms with van der Waals surface area (Å²) in [5, 5.41) is 8.98.